The van der Waals surface area contributed by atoms with E-state index in [1.54, 1.807) is 7.05 Å². The van der Waals surface area contributed by atoms with Crippen molar-refractivity contribution in [1.29, 1.82) is 0 Å². The molecule has 0 atom stereocenters. The number of alkyl halides is 3. The Morgan fingerprint density at radius 3 is 2.47 bits per heavy atom. The van der Waals surface area contributed by atoms with Crippen LogP contribution >= 0.6 is 0 Å². The maximum Gasteiger partial charge on any atom is 0.416 e. The van der Waals surface area contributed by atoms with E-state index in [1.807, 2.05) is 0 Å². The lowest BCUT2D eigenvalue weighted by Crippen LogP contribution is -2.16. The summed E-state index contributed by atoms with van der Waals surface area (Å²) in [5.74, 6) is 1.22. The number of aromatic nitrogens is 1. The Bertz CT molecular complexity index is 428. The van der Waals surface area contributed by atoms with E-state index in [9.17, 15) is 13.2 Å². The topological polar surface area (TPSA) is 37.0 Å². The summed E-state index contributed by atoms with van der Waals surface area (Å²) in [5.41, 5.74) is -0.682. The summed E-state index contributed by atoms with van der Waals surface area (Å²) < 4.78 is 38.1. The molecule has 106 valence electrons. The molecule has 19 heavy (non-hydrogen) atoms. The SMILES string of the molecule is CNc1cc(C(F)(F)F)cc(NCCC2CCC2)n1. The maximum atomic E-state index is 12.7. The maximum absolute atomic E-state index is 12.7. The van der Waals surface area contributed by atoms with Crippen LogP contribution in [0.25, 0.3) is 0 Å². The van der Waals surface area contributed by atoms with E-state index < -0.39 is 11.7 Å². The average molecular weight is 273 g/mol. The number of nitrogens with zero attached hydrogens (tertiary/aromatic N) is 1. The minimum absolute atomic E-state index is 0.223. The first kappa shape index (κ1) is 14.0. The van der Waals surface area contributed by atoms with Gasteiger partial charge in [0.1, 0.15) is 11.6 Å². The monoisotopic (exact) mass is 273 g/mol. The summed E-state index contributed by atoms with van der Waals surface area (Å²) in [6.45, 7) is 0.669. The van der Waals surface area contributed by atoms with Crippen molar-refractivity contribution in [1.82, 2.24) is 4.98 Å². The van der Waals surface area contributed by atoms with Gasteiger partial charge in [0.15, 0.2) is 0 Å². The van der Waals surface area contributed by atoms with Crippen molar-refractivity contribution in [3.8, 4) is 0 Å². The second-order valence-corrected chi connectivity index (χ2v) is 4.89. The van der Waals surface area contributed by atoms with Crippen LogP contribution in [0.15, 0.2) is 12.1 Å². The van der Waals surface area contributed by atoms with Gasteiger partial charge < -0.3 is 10.6 Å². The molecule has 0 aliphatic heterocycles. The van der Waals surface area contributed by atoms with Crippen molar-refractivity contribution < 1.29 is 13.2 Å². The summed E-state index contributed by atoms with van der Waals surface area (Å²) in [6, 6.07) is 2.07. The third-order valence-corrected chi connectivity index (χ3v) is 3.49. The molecular formula is C13H18F3N3. The predicted molar refractivity (Wildman–Crippen MR) is 69.2 cm³/mol. The predicted octanol–water partition coefficient (Wildman–Crippen LogP) is 3.74. The Balaban J connectivity index is 2.01. The Kier molecular flexibility index (Phi) is 4.17. The zero-order valence-corrected chi connectivity index (χ0v) is 10.8. The minimum atomic E-state index is -4.35. The first-order valence-electron chi connectivity index (χ1n) is 6.50. The molecule has 0 bridgehead atoms. The van der Waals surface area contributed by atoms with E-state index in [0.29, 0.717) is 6.54 Å². The van der Waals surface area contributed by atoms with Crippen LogP contribution in [-0.2, 0) is 6.18 Å². The van der Waals surface area contributed by atoms with Gasteiger partial charge in [-0.05, 0) is 24.5 Å². The molecule has 0 spiro atoms. The number of pyridine rings is 1. The molecule has 1 aromatic rings. The van der Waals surface area contributed by atoms with Gasteiger partial charge in [-0.1, -0.05) is 19.3 Å². The van der Waals surface area contributed by atoms with Crippen molar-refractivity contribution in [2.45, 2.75) is 31.9 Å². The molecule has 3 nitrogen and oxygen atoms in total. The fourth-order valence-electron chi connectivity index (χ4n) is 2.10. The first-order chi connectivity index (χ1) is 8.99. The number of anilines is 2. The Morgan fingerprint density at radius 1 is 1.26 bits per heavy atom. The highest BCUT2D eigenvalue weighted by Crippen LogP contribution is 2.32. The quantitative estimate of drug-likeness (QED) is 0.858. The summed E-state index contributed by atoms with van der Waals surface area (Å²) >= 11 is 0. The van der Waals surface area contributed by atoms with E-state index in [-0.39, 0.29) is 11.6 Å². The number of halogens is 3. The Labute approximate surface area is 110 Å². The lowest BCUT2D eigenvalue weighted by molar-refractivity contribution is -0.137. The van der Waals surface area contributed by atoms with Crippen LogP contribution in [-0.4, -0.2) is 18.6 Å². The van der Waals surface area contributed by atoms with Crippen LogP contribution in [0.5, 0.6) is 0 Å². The third-order valence-electron chi connectivity index (χ3n) is 3.49. The first-order valence-corrected chi connectivity index (χ1v) is 6.50. The molecule has 0 aromatic carbocycles. The van der Waals surface area contributed by atoms with Crippen LogP contribution in [0.4, 0.5) is 24.8 Å². The van der Waals surface area contributed by atoms with Gasteiger partial charge in [-0.25, -0.2) is 4.98 Å². The highest BCUT2D eigenvalue weighted by Gasteiger charge is 2.31. The molecule has 0 radical (unpaired) electrons. The molecule has 1 aromatic heterocycles. The molecule has 1 fully saturated rings. The van der Waals surface area contributed by atoms with Gasteiger partial charge in [0.05, 0.1) is 5.56 Å². The molecule has 2 rings (SSSR count). The third kappa shape index (κ3) is 3.75. The Hall–Kier alpha value is -1.46. The van der Waals surface area contributed by atoms with E-state index >= 15 is 0 Å². The second-order valence-electron chi connectivity index (χ2n) is 4.89. The zero-order valence-electron chi connectivity index (χ0n) is 10.8. The van der Waals surface area contributed by atoms with Crippen molar-refractivity contribution in [3.05, 3.63) is 17.7 Å². The van der Waals surface area contributed by atoms with Gasteiger partial charge >= 0.3 is 6.18 Å². The van der Waals surface area contributed by atoms with Crippen LogP contribution in [0.2, 0.25) is 0 Å². The van der Waals surface area contributed by atoms with Gasteiger partial charge in [0.25, 0.3) is 0 Å². The fourth-order valence-corrected chi connectivity index (χ4v) is 2.10. The van der Waals surface area contributed by atoms with Crippen molar-refractivity contribution >= 4 is 11.6 Å². The molecular weight excluding hydrogens is 255 g/mol. The van der Waals surface area contributed by atoms with Gasteiger partial charge in [-0.15, -0.1) is 0 Å². The summed E-state index contributed by atoms with van der Waals surface area (Å²) in [4.78, 5) is 4.08. The van der Waals surface area contributed by atoms with E-state index in [2.05, 4.69) is 15.6 Å². The molecule has 2 N–H and O–H groups in total. The van der Waals surface area contributed by atoms with E-state index in [0.717, 1.165) is 24.5 Å². The van der Waals surface area contributed by atoms with Crippen LogP contribution in [0.3, 0.4) is 0 Å². The number of hydrogen-bond acceptors (Lipinski definition) is 3. The summed E-state index contributed by atoms with van der Waals surface area (Å²) in [5, 5.41) is 5.63. The Morgan fingerprint density at radius 2 is 1.95 bits per heavy atom. The number of rotatable bonds is 5. The van der Waals surface area contributed by atoms with Crippen molar-refractivity contribution in [3.63, 3.8) is 0 Å². The standard InChI is InChI=1S/C13H18F3N3/c1-17-11-7-10(13(14,15)16)8-12(19-11)18-6-5-9-3-2-4-9/h7-9H,2-6H2,1H3,(H2,17,18,19). The molecule has 6 heteroatoms. The number of nitrogens with one attached hydrogen (secondary N) is 2. The average Bonchev–Trinajstić information content (AvgIpc) is 2.31. The molecule has 0 saturated heterocycles. The highest BCUT2D eigenvalue weighted by atomic mass is 19.4. The summed E-state index contributed by atoms with van der Waals surface area (Å²) in [7, 11) is 1.56. The zero-order chi connectivity index (χ0) is 13.9. The van der Waals surface area contributed by atoms with Gasteiger partial charge in [-0.3, -0.25) is 0 Å². The van der Waals surface area contributed by atoms with E-state index in [1.165, 1.54) is 19.3 Å². The molecule has 1 saturated carbocycles. The van der Waals surface area contributed by atoms with Crippen LogP contribution in [0.1, 0.15) is 31.2 Å². The van der Waals surface area contributed by atoms with E-state index in [4.69, 9.17) is 0 Å². The normalized spacial score (nSPS) is 16.0. The highest BCUT2D eigenvalue weighted by molar-refractivity contribution is 5.49. The van der Waals surface area contributed by atoms with Crippen molar-refractivity contribution in [2.24, 2.45) is 5.92 Å². The smallest absolute Gasteiger partial charge is 0.373 e. The lowest BCUT2D eigenvalue weighted by Gasteiger charge is -2.25. The van der Waals surface area contributed by atoms with Crippen molar-refractivity contribution in [2.75, 3.05) is 24.2 Å². The second kappa shape index (κ2) is 5.67. The lowest BCUT2D eigenvalue weighted by atomic mass is 9.83. The molecule has 1 heterocycles. The van der Waals surface area contributed by atoms with Gasteiger partial charge in [0, 0.05) is 13.6 Å². The van der Waals surface area contributed by atoms with Crippen LogP contribution < -0.4 is 10.6 Å². The summed E-state index contributed by atoms with van der Waals surface area (Å²) in [6.07, 6.45) is 0.390. The molecule has 0 amide bonds. The minimum Gasteiger partial charge on any atom is -0.373 e. The molecule has 0 unspecified atom stereocenters. The fraction of sp³-hybridized carbons (Fsp3) is 0.615. The van der Waals surface area contributed by atoms with Gasteiger partial charge in [-0.2, -0.15) is 13.2 Å². The molecule has 1 aliphatic rings. The molecule has 1 aliphatic carbocycles. The van der Waals surface area contributed by atoms with Gasteiger partial charge in [0.2, 0.25) is 0 Å². The van der Waals surface area contributed by atoms with Crippen LogP contribution in [0, 0.1) is 5.92 Å². The number of hydrogen-bond donors (Lipinski definition) is 2. The largest absolute Gasteiger partial charge is 0.416 e.